The van der Waals surface area contributed by atoms with E-state index < -0.39 is 41.6 Å². The number of nitrogens with zero attached hydrogens (tertiary/aromatic N) is 2. The van der Waals surface area contributed by atoms with Crippen molar-refractivity contribution in [3.63, 3.8) is 0 Å². The maximum atomic E-state index is 12.4. The van der Waals surface area contributed by atoms with Gasteiger partial charge in [-0.1, -0.05) is 0 Å². The van der Waals surface area contributed by atoms with Crippen LogP contribution in [0, 0.1) is 0 Å². The topological polar surface area (TPSA) is 141 Å². The van der Waals surface area contributed by atoms with Gasteiger partial charge in [-0.25, -0.2) is 9.59 Å². The number of carbonyl (C=O) groups is 4. The lowest BCUT2D eigenvalue weighted by Crippen LogP contribution is -2.46. The Bertz CT molecular complexity index is 771. The fraction of sp³-hybridized carbons (Fsp3) is 0.500. The molecule has 0 unspecified atom stereocenters. The molecule has 28 heavy (non-hydrogen) atoms. The first kappa shape index (κ1) is 21.1. The van der Waals surface area contributed by atoms with Gasteiger partial charge >= 0.3 is 12.1 Å². The van der Waals surface area contributed by atoms with Crippen molar-refractivity contribution in [3.05, 3.63) is 29.6 Å². The number of esters is 1. The first-order valence-electron chi connectivity index (χ1n) is 8.66. The monoisotopic (exact) mass is 392 g/mol. The molecule has 1 aliphatic rings. The minimum Gasteiger partial charge on any atom is -0.465 e. The van der Waals surface area contributed by atoms with Gasteiger partial charge in [0.2, 0.25) is 5.91 Å². The molecule has 2 rings (SSSR count). The summed E-state index contributed by atoms with van der Waals surface area (Å²) in [4.78, 5) is 53.0. The molecule has 0 spiro atoms. The lowest BCUT2D eigenvalue weighted by molar-refractivity contribution is -0.122. The second kappa shape index (κ2) is 8.24. The van der Waals surface area contributed by atoms with Crippen LogP contribution in [0.15, 0.2) is 18.3 Å². The normalized spacial score (nSPS) is 19.1. The molecule has 152 valence electrons. The highest BCUT2D eigenvalue weighted by molar-refractivity contribution is 5.94. The molecule has 0 aromatic carbocycles. The Morgan fingerprint density at radius 2 is 1.93 bits per heavy atom. The van der Waals surface area contributed by atoms with Crippen molar-refractivity contribution < 1.29 is 28.7 Å². The predicted octanol–water partition coefficient (Wildman–Crippen LogP) is 0.461. The van der Waals surface area contributed by atoms with Crippen molar-refractivity contribution in [3.8, 4) is 0 Å². The van der Waals surface area contributed by atoms with Gasteiger partial charge < -0.3 is 20.5 Å². The fourth-order valence-electron chi connectivity index (χ4n) is 2.76. The van der Waals surface area contributed by atoms with E-state index in [0.717, 1.165) is 0 Å². The fourth-order valence-corrected chi connectivity index (χ4v) is 2.76. The molecule has 1 aromatic rings. The number of methoxy groups -OCH3 is 1. The number of hydrogen-bond donors (Lipinski definition) is 2. The summed E-state index contributed by atoms with van der Waals surface area (Å²) in [6.07, 6.45) is 0.725. The van der Waals surface area contributed by atoms with Gasteiger partial charge in [0.05, 0.1) is 12.7 Å². The van der Waals surface area contributed by atoms with Gasteiger partial charge in [0.1, 0.15) is 17.3 Å². The first-order valence-corrected chi connectivity index (χ1v) is 8.66. The SMILES string of the molecule is COC(=O)c1ccc(C(=O)N[C@@H]2C[C@@H](C(N)=O)N(C(=O)OC(C)(C)C)C2)nc1. The molecule has 10 nitrogen and oxygen atoms in total. The van der Waals surface area contributed by atoms with E-state index in [1.54, 1.807) is 20.8 Å². The highest BCUT2D eigenvalue weighted by atomic mass is 16.6. The van der Waals surface area contributed by atoms with Crippen LogP contribution < -0.4 is 11.1 Å². The molecule has 1 fully saturated rings. The number of likely N-dealkylation sites (tertiary alicyclic amines) is 1. The number of rotatable bonds is 4. The summed E-state index contributed by atoms with van der Waals surface area (Å²) in [6.45, 7) is 5.21. The number of ether oxygens (including phenoxy) is 2. The zero-order valence-corrected chi connectivity index (χ0v) is 16.2. The lowest BCUT2D eigenvalue weighted by Gasteiger charge is -2.27. The van der Waals surface area contributed by atoms with Crippen LogP contribution in [0.25, 0.3) is 0 Å². The van der Waals surface area contributed by atoms with Crippen molar-refractivity contribution >= 4 is 23.9 Å². The number of pyridine rings is 1. The molecule has 0 bridgehead atoms. The third-order valence-electron chi connectivity index (χ3n) is 4.01. The summed E-state index contributed by atoms with van der Waals surface area (Å²) in [7, 11) is 1.24. The number of amides is 3. The maximum absolute atomic E-state index is 12.4. The summed E-state index contributed by atoms with van der Waals surface area (Å²) < 4.78 is 9.87. The number of primary amides is 1. The maximum Gasteiger partial charge on any atom is 0.411 e. The molecule has 3 N–H and O–H groups in total. The summed E-state index contributed by atoms with van der Waals surface area (Å²) >= 11 is 0. The van der Waals surface area contributed by atoms with E-state index in [4.69, 9.17) is 10.5 Å². The van der Waals surface area contributed by atoms with Crippen LogP contribution in [0.1, 0.15) is 48.0 Å². The van der Waals surface area contributed by atoms with Gasteiger partial charge in [-0.2, -0.15) is 0 Å². The van der Waals surface area contributed by atoms with Crippen LogP contribution in [0.5, 0.6) is 0 Å². The zero-order valence-electron chi connectivity index (χ0n) is 16.2. The Hall–Kier alpha value is -3.17. The van der Waals surface area contributed by atoms with E-state index in [-0.39, 0.29) is 24.2 Å². The van der Waals surface area contributed by atoms with Crippen LogP contribution in [-0.4, -0.2) is 65.1 Å². The van der Waals surface area contributed by atoms with Crippen LogP contribution in [0.4, 0.5) is 4.79 Å². The number of aromatic nitrogens is 1. The van der Waals surface area contributed by atoms with E-state index in [0.29, 0.717) is 0 Å². The molecule has 2 atom stereocenters. The van der Waals surface area contributed by atoms with Crippen LogP contribution >= 0.6 is 0 Å². The number of nitrogens with one attached hydrogen (secondary N) is 1. The van der Waals surface area contributed by atoms with E-state index in [2.05, 4.69) is 15.0 Å². The molecular weight excluding hydrogens is 368 g/mol. The van der Waals surface area contributed by atoms with Crippen molar-refractivity contribution in [2.24, 2.45) is 5.73 Å². The summed E-state index contributed by atoms with van der Waals surface area (Å²) in [5, 5.41) is 2.72. The van der Waals surface area contributed by atoms with Crippen LogP contribution in [-0.2, 0) is 14.3 Å². The van der Waals surface area contributed by atoms with Gasteiger partial charge in [-0.15, -0.1) is 0 Å². The minimum atomic E-state index is -0.880. The highest BCUT2D eigenvalue weighted by Gasteiger charge is 2.41. The average Bonchev–Trinajstić information content (AvgIpc) is 3.04. The van der Waals surface area contributed by atoms with E-state index in [1.165, 1.54) is 30.3 Å². The Balaban J connectivity index is 2.05. The third kappa shape index (κ3) is 5.18. The van der Waals surface area contributed by atoms with Crippen molar-refractivity contribution in [2.45, 2.75) is 44.9 Å². The first-order chi connectivity index (χ1) is 13.0. The predicted molar refractivity (Wildman–Crippen MR) is 97.4 cm³/mol. The van der Waals surface area contributed by atoms with Crippen molar-refractivity contribution in [1.82, 2.24) is 15.2 Å². The quantitative estimate of drug-likeness (QED) is 0.709. The Morgan fingerprint density at radius 1 is 1.25 bits per heavy atom. The number of carbonyl (C=O) groups excluding carboxylic acids is 4. The van der Waals surface area contributed by atoms with Crippen LogP contribution in [0.3, 0.4) is 0 Å². The van der Waals surface area contributed by atoms with Crippen LogP contribution in [0.2, 0.25) is 0 Å². The van der Waals surface area contributed by atoms with Crippen molar-refractivity contribution in [1.29, 1.82) is 0 Å². The van der Waals surface area contributed by atoms with Gasteiger partial charge in [-0.05, 0) is 39.3 Å². The molecule has 2 heterocycles. The Labute approximate surface area is 162 Å². The van der Waals surface area contributed by atoms with Gasteiger partial charge in [0.25, 0.3) is 5.91 Å². The van der Waals surface area contributed by atoms with E-state index >= 15 is 0 Å². The lowest BCUT2D eigenvalue weighted by atomic mass is 10.1. The van der Waals surface area contributed by atoms with E-state index in [1.807, 2.05) is 0 Å². The molecule has 1 aliphatic heterocycles. The zero-order chi connectivity index (χ0) is 21.1. The summed E-state index contributed by atoms with van der Waals surface area (Å²) in [5.41, 5.74) is 4.96. The van der Waals surface area contributed by atoms with E-state index in [9.17, 15) is 19.2 Å². The second-order valence-corrected chi connectivity index (χ2v) is 7.38. The summed E-state index contributed by atoms with van der Waals surface area (Å²) in [5.74, 6) is -1.74. The molecule has 0 radical (unpaired) electrons. The second-order valence-electron chi connectivity index (χ2n) is 7.38. The Morgan fingerprint density at radius 3 is 2.43 bits per heavy atom. The number of nitrogens with two attached hydrogens (primary N) is 1. The molecule has 1 aromatic heterocycles. The average molecular weight is 392 g/mol. The minimum absolute atomic E-state index is 0.0779. The Kier molecular flexibility index (Phi) is 6.22. The molecular formula is C18H24N4O6. The molecule has 3 amide bonds. The standard InChI is InChI=1S/C18H24N4O6/c1-18(2,3)28-17(26)22-9-11(7-13(22)14(19)23)21-15(24)12-6-5-10(8-20-12)16(25)27-4/h5-6,8,11,13H,7,9H2,1-4H3,(H2,19,23)(H,21,24)/t11-,13+/m1/s1. The summed E-state index contributed by atoms with van der Waals surface area (Å²) in [6, 6.07) is 1.42. The molecule has 1 saturated heterocycles. The highest BCUT2D eigenvalue weighted by Crippen LogP contribution is 2.21. The largest absolute Gasteiger partial charge is 0.465 e. The van der Waals surface area contributed by atoms with Gasteiger partial charge in [0, 0.05) is 18.8 Å². The number of hydrogen-bond acceptors (Lipinski definition) is 7. The molecule has 0 saturated carbocycles. The van der Waals surface area contributed by atoms with Crippen molar-refractivity contribution in [2.75, 3.05) is 13.7 Å². The molecule has 10 heteroatoms. The molecule has 0 aliphatic carbocycles. The van der Waals surface area contributed by atoms with Gasteiger partial charge in [0.15, 0.2) is 0 Å². The van der Waals surface area contributed by atoms with Gasteiger partial charge in [-0.3, -0.25) is 19.5 Å². The smallest absolute Gasteiger partial charge is 0.411 e. The third-order valence-corrected chi connectivity index (χ3v) is 4.01.